The molecule has 1 N–H and O–H groups in total. The third-order valence-corrected chi connectivity index (χ3v) is 3.48. The molecule has 106 valence electrons. The number of halogens is 1. The van der Waals surface area contributed by atoms with Crippen LogP contribution in [0.3, 0.4) is 0 Å². The zero-order valence-electron chi connectivity index (χ0n) is 12.0. The number of rotatable bonds is 6. The molecule has 0 spiro atoms. The Kier molecular flexibility index (Phi) is 5.82. The first-order valence-corrected chi connectivity index (χ1v) is 6.89. The largest absolute Gasteiger partial charge is 0.493 e. The molecule has 0 aliphatic carbocycles. The number of benzene rings is 1. The van der Waals surface area contributed by atoms with Gasteiger partial charge in [0.25, 0.3) is 0 Å². The van der Waals surface area contributed by atoms with Crippen LogP contribution in [0.5, 0.6) is 11.5 Å². The molecule has 0 atom stereocenters. The van der Waals surface area contributed by atoms with Crippen LogP contribution in [0, 0.1) is 0 Å². The van der Waals surface area contributed by atoms with E-state index in [0.29, 0.717) is 17.1 Å². The molecule has 5 heteroatoms. The van der Waals surface area contributed by atoms with Crippen molar-refractivity contribution in [2.75, 3.05) is 27.8 Å². The highest BCUT2D eigenvalue weighted by atomic mass is 79.9. The van der Waals surface area contributed by atoms with Gasteiger partial charge in [-0.15, -0.1) is 0 Å². The van der Waals surface area contributed by atoms with E-state index in [1.165, 1.54) is 0 Å². The van der Waals surface area contributed by atoms with Crippen molar-refractivity contribution in [3.8, 4) is 11.5 Å². The van der Waals surface area contributed by atoms with Gasteiger partial charge in [0.15, 0.2) is 17.3 Å². The molecule has 1 rings (SSSR count). The van der Waals surface area contributed by atoms with Gasteiger partial charge in [-0.1, -0.05) is 13.8 Å². The number of nitrogens with one attached hydrogen (secondary N) is 1. The molecule has 0 saturated carbocycles. The van der Waals surface area contributed by atoms with Gasteiger partial charge >= 0.3 is 0 Å². The summed E-state index contributed by atoms with van der Waals surface area (Å²) < 4.78 is 11.5. The van der Waals surface area contributed by atoms with E-state index in [1.54, 1.807) is 27.3 Å². The quantitative estimate of drug-likeness (QED) is 0.815. The van der Waals surface area contributed by atoms with Crippen molar-refractivity contribution >= 4 is 21.7 Å². The number of hydrogen-bond donors (Lipinski definition) is 1. The van der Waals surface area contributed by atoms with E-state index < -0.39 is 0 Å². The van der Waals surface area contributed by atoms with Crippen molar-refractivity contribution in [1.82, 2.24) is 5.32 Å². The first-order valence-electron chi connectivity index (χ1n) is 6.10. The molecule has 0 unspecified atom stereocenters. The molecule has 0 aromatic heterocycles. The molecule has 19 heavy (non-hydrogen) atoms. The second-order valence-electron chi connectivity index (χ2n) is 4.49. The van der Waals surface area contributed by atoms with Crippen LogP contribution in [0.2, 0.25) is 0 Å². The predicted octanol–water partition coefficient (Wildman–Crippen LogP) is 2.99. The summed E-state index contributed by atoms with van der Waals surface area (Å²) in [6, 6.07) is 1.77. The fourth-order valence-corrected chi connectivity index (χ4v) is 2.72. The summed E-state index contributed by atoms with van der Waals surface area (Å²) in [5.41, 5.74) is 1.52. The van der Waals surface area contributed by atoms with E-state index >= 15 is 0 Å². The molecular formula is C14H20BrNO3. The highest BCUT2D eigenvalue weighted by molar-refractivity contribution is 9.10. The molecule has 0 radical (unpaired) electrons. The minimum Gasteiger partial charge on any atom is -0.493 e. The number of ether oxygens (including phenoxy) is 2. The summed E-state index contributed by atoms with van der Waals surface area (Å²) in [4.78, 5) is 12.3. The second kappa shape index (κ2) is 6.91. The van der Waals surface area contributed by atoms with Gasteiger partial charge in [0.05, 0.1) is 20.8 Å². The number of carbonyl (C=O) groups is 1. The lowest BCUT2D eigenvalue weighted by Gasteiger charge is -2.20. The molecule has 4 nitrogen and oxygen atoms in total. The number of methoxy groups -OCH3 is 2. The molecular weight excluding hydrogens is 310 g/mol. The predicted molar refractivity (Wildman–Crippen MR) is 79.6 cm³/mol. The van der Waals surface area contributed by atoms with E-state index in [1.807, 2.05) is 13.8 Å². The van der Waals surface area contributed by atoms with Gasteiger partial charge in [-0.25, -0.2) is 0 Å². The van der Waals surface area contributed by atoms with Crippen molar-refractivity contribution in [1.29, 1.82) is 0 Å². The first-order chi connectivity index (χ1) is 8.97. The lowest BCUT2D eigenvalue weighted by Crippen LogP contribution is -2.21. The maximum atomic E-state index is 12.3. The van der Waals surface area contributed by atoms with Crippen molar-refractivity contribution in [2.24, 2.45) is 0 Å². The lowest BCUT2D eigenvalue weighted by atomic mass is 9.93. The van der Waals surface area contributed by atoms with Crippen LogP contribution in [-0.4, -0.2) is 33.6 Å². The Bertz CT molecular complexity index is 472. The minimum atomic E-state index is 0.0269. The van der Waals surface area contributed by atoms with E-state index in [2.05, 4.69) is 21.2 Å². The molecule has 0 bridgehead atoms. The summed E-state index contributed by atoms with van der Waals surface area (Å²) in [6.07, 6.45) is 0. The lowest BCUT2D eigenvalue weighted by molar-refractivity contribution is 0.0991. The van der Waals surface area contributed by atoms with Crippen molar-refractivity contribution in [2.45, 2.75) is 19.8 Å². The Hall–Kier alpha value is -1.07. The SMILES string of the molecule is CNCC(=O)c1c(Br)cc(OC)c(OC)c1C(C)C. The van der Waals surface area contributed by atoms with Gasteiger partial charge in [0.2, 0.25) is 0 Å². The standard InChI is InChI=1S/C14H20BrNO3/c1-8(2)12-13(10(17)7-16-3)9(15)6-11(18-4)14(12)19-5/h6,8,16H,7H2,1-5H3. The van der Waals surface area contributed by atoms with Crippen LogP contribution in [0.1, 0.15) is 35.7 Å². The number of carbonyl (C=O) groups excluding carboxylic acids is 1. The molecule has 0 amide bonds. The molecule has 0 heterocycles. The maximum absolute atomic E-state index is 12.3. The van der Waals surface area contributed by atoms with Gasteiger partial charge in [0, 0.05) is 15.6 Å². The summed E-state index contributed by atoms with van der Waals surface area (Å²) in [5, 5.41) is 2.88. The average Bonchev–Trinajstić information content (AvgIpc) is 2.37. The normalized spacial score (nSPS) is 10.7. The number of hydrogen-bond acceptors (Lipinski definition) is 4. The van der Waals surface area contributed by atoms with Crippen molar-refractivity contribution < 1.29 is 14.3 Å². The molecule has 1 aromatic carbocycles. The van der Waals surface area contributed by atoms with Crippen LogP contribution >= 0.6 is 15.9 Å². The Labute approximate surface area is 122 Å². The summed E-state index contributed by atoms with van der Waals surface area (Å²) in [6.45, 7) is 4.34. The van der Waals surface area contributed by atoms with Crippen LogP contribution in [0.4, 0.5) is 0 Å². The molecule has 0 saturated heterocycles. The fraction of sp³-hybridized carbons (Fsp3) is 0.500. The number of likely N-dealkylation sites (N-methyl/N-ethyl adjacent to an activating group) is 1. The summed E-state index contributed by atoms with van der Waals surface area (Å²) in [7, 11) is 4.93. The molecule has 0 aliphatic heterocycles. The smallest absolute Gasteiger partial charge is 0.178 e. The van der Waals surface area contributed by atoms with Crippen LogP contribution in [0.15, 0.2) is 10.5 Å². The molecule has 0 aliphatic rings. The fourth-order valence-electron chi connectivity index (χ4n) is 2.07. The Morgan fingerprint density at radius 3 is 2.42 bits per heavy atom. The highest BCUT2D eigenvalue weighted by Gasteiger charge is 2.24. The van der Waals surface area contributed by atoms with Crippen LogP contribution < -0.4 is 14.8 Å². The topological polar surface area (TPSA) is 47.6 Å². The number of ketones is 1. The minimum absolute atomic E-state index is 0.0269. The van der Waals surface area contributed by atoms with Gasteiger partial charge < -0.3 is 14.8 Å². The van der Waals surface area contributed by atoms with Crippen LogP contribution in [0.25, 0.3) is 0 Å². The van der Waals surface area contributed by atoms with E-state index in [4.69, 9.17) is 9.47 Å². The summed E-state index contributed by atoms with van der Waals surface area (Å²) in [5.74, 6) is 1.43. The second-order valence-corrected chi connectivity index (χ2v) is 5.35. The zero-order chi connectivity index (χ0) is 14.6. The maximum Gasteiger partial charge on any atom is 0.178 e. The van der Waals surface area contributed by atoms with E-state index in [-0.39, 0.29) is 18.2 Å². The Morgan fingerprint density at radius 1 is 1.37 bits per heavy atom. The third kappa shape index (κ3) is 3.28. The van der Waals surface area contributed by atoms with E-state index in [0.717, 1.165) is 10.0 Å². The van der Waals surface area contributed by atoms with Gasteiger partial charge in [-0.3, -0.25) is 4.79 Å². The Balaban J connectivity index is 3.56. The summed E-state index contributed by atoms with van der Waals surface area (Å²) >= 11 is 3.46. The van der Waals surface area contributed by atoms with Crippen LogP contribution in [-0.2, 0) is 0 Å². The average molecular weight is 330 g/mol. The highest BCUT2D eigenvalue weighted by Crippen LogP contribution is 2.42. The Morgan fingerprint density at radius 2 is 2.00 bits per heavy atom. The van der Waals surface area contributed by atoms with Crippen molar-refractivity contribution in [3.05, 3.63) is 21.7 Å². The first kappa shape index (κ1) is 16.0. The van der Waals surface area contributed by atoms with E-state index in [9.17, 15) is 4.79 Å². The number of Topliss-reactive ketones (excluding diaryl/α,β-unsaturated/α-hetero) is 1. The third-order valence-electron chi connectivity index (χ3n) is 2.85. The van der Waals surface area contributed by atoms with Crippen molar-refractivity contribution in [3.63, 3.8) is 0 Å². The van der Waals surface area contributed by atoms with Gasteiger partial charge in [-0.05, 0) is 35.0 Å². The van der Waals surface area contributed by atoms with Gasteiger partial charge in [-0.2, -0.15) is 0 Å². The monoisotopic (exact) mass is 329 g/mol. The zero-order valence-corrected chi connectivity index (χ0v) is 13.6. The van der Waals surface area contributed by atoms with Gasteiger partial charge in [0.1, 0.15) is 0 Å². The molecule has 1 aromatic rings. The molecule has 0 fully saturated rings.